The lowest BCUT2D eigenvalue weighted by atomic mass is 9.98. The number of pyridine rings is 5. The average molecular weight is 2150 g/mol. The highest BCUT2D eigenvalue weighted by Crippen LogP contribution is 2.47. The number of H-pyrrole nitrogens is 5. The number of aromatic nitrogens is 5. The summed E-state index contributed by atoms with van der Waals surface area (Å²) >= 11 is 18.8. The van der Waals surface area contributed by atoms with E-state index in [1.165, 1.54) is 115 Å². The van der Waals surface area contributed by atoms with E-state index in [0.29, 0.717) is 146 Å². The first-order chi connectivity index (χ1) is 71.4. The van der Waals surface area contributed by atoms with Gasteiger partial charge in [-0.3, -0.25) is 50.4 Å². The largest absolute Gasteiger partial charge is 0.383 e. The van der Waals surface area contributed by atoms with Crippen LogP contribution in [0, 0.1) is 76.4 Å². The van der Waals surface area contributed by atoms with Crippen LogP contribution in [-0.4, -0.2) is 130 Å². The van der Waals surface area contributed by atoms with Gasteiger partial charge in [0, 0.05) is 154 Å². The third-order valence-electron chi connectivity index (χ3n) is 28.7. The Labute approximate surface area is 873 Å². The van der Waals surface area contributed by atoms with Gasteiger partial charge in [0.1, 0.15) is 0 Å². The van der Waals surface area contributed by atoms with Crippen molar-refractivity contribution in [3.8, 4) is 30.3 Å². The molecule has 5 aromatic heterocycles. The molecule has 7 aliphatic rings. The van der Waals surface area contributed by atoms with Gasteiger partial charge in [-0.25, -0.2) is 42.1 Å². The van der Waals surface area contributed by atoms with Gasteiger partial charge in [0.25, 0.3) is 77.9 Å². The van der Waals surface area contributed by atoms with E-state index in [1.807, 2.05) is 58.0 Å². The summed E-state index contributed by atoms with van der Waals surface area (Å²) in [6, 6.07) is 51.7. The Balaban J connectivity index is 0.000000122. The van der Waals surface area contributed by atoms with Crippen LogP contribution in [0.15, 0.2) is 231 Å². The third-order valence-corrected chi connectivity index (χ3v) is 38.9. The number of anilines is 6. The zero-order valence-electron chi connectivity index (χ0n) is 81.5. The van der Waals surface area contributed by atoms with Crippen LogP contribution < -0.4 is 54.6 Å². The smallest absolute Gasteiger partial charge is 0.265 e. The van der Waals surface area contributed by atoms with Crippen LogP contribution in [0.4, 0.5) is 34.1 Å². The molecule has 10 aromatic carbocycles. The summed E-state index contributed by atoms with van der Waals surface area (Å²) in [6.45, 7) is 15.9. The van der Waals surface area contributed by atoms with Gasteiger partial charge in [-0.1, -0.05) is 99.3 Å². The van der Waals surface area contributed by atoms with Crippen molar-refractivity contribution >= 4 is 173 Å². The number of fused-ring (bicyclic) bond motifs is 12. The van der Waals surface area contributed by atoms with E-state index in [9.17, 15) is 92.4 Å². The summed E-state index contributed by atoms with van der Waals surface area (Å²) in [5, 5.41) is 53.9. The van der Waals surface area contributed by atoms with Crippen molar-refractivity contribution in [3.63, 3.8) is 0 Å². The normalized spacial score (nSPS) is 15.4. The summed E-state index contributed by atoms with van der Waals surface area (Å²) in [5.74, 6) is 0.841. The minimum Gasteiger partial charge on any atom is -0.383 e. The molecule has 6 aliphatic heterocycles. The Morgan fingerprint density at radius 3 is 0.919 bits per heavy atom. The molecule has 760 valence electrons. The fraction of sp³-hybridized carbons (Fsp3) is 0.266. The average Bonchev–Trinajstić information content (AvgIpc) is 1.72. The minimum atomic E-state index is -3.99. The van der Waals surface area contributed by atoms with Crippen LogP contribution in [-0.2, 0) is 108 Å². The van der Waals surface area contributed by atoms with E-state index >= 15 is 0 Å². The predicted octanol–water partition coefficient (Wildman–Crippen LogP) is 16.9. The van der Waals surface area contributed by atoms with Gasteiger partial charge < -0.3 is 30.2 Å². The van der Waals surface area contributed by atoms with Crippen molar-refractivity contribution in [1.29, 1.82) is 26.3 Å². The number of likely N-dealkylation sites (tertiary alicyclic amines) is 1. The number of sulfonamides is 5. The molecule has 0 radical (unpaired) electrons. The highest BCUT2D eigenvalue weighted by atomic mass is 35.5. The summed E-state index contributed by atoms with van der Waals surface area (Å²) in [6.07, 6.45) is 17.6. The first-order valence-electron chi connectivity index (χ1n) is 48.4. The van der Waals surface area contributed by atoms with E-state index in [2.05, 4.69) is 65.5 Å². The number of hydrogen-bond donors (Lipinski definition) is 6. The van der Waals surface area contributed by atoms with Crippen molar-refractivity contribution in [3.05, 3.63) is 338 Å². The van der Waals surface area contributed by atoms with Crippen molar-refractivity contribution < 1.29 is 42.1 Å². The van der Waals surface area contributed by atoms with E-state index in [4.69, 9.17) is 34.8 Å². The monoisotopic (exact) mass is 2150 g/mol. The maximum absolute atomic E-state index is 14.0. The molecule has 2 bridgehead atoms. The molecular formula is C109H98Cl3N17O15S5. The molecule has 11 heterocycles. The first-order valence-corrected chi connectivity index (χ1v) is 56.8. The summed E-state index contributed by atoms with van der Waals surface area (Å²) in [4.78, 5) is 76.6. The topological polar surface area (TPSA) is 485 Å². The highest BCUT2D eigenvalue weighted by molar-refractivity contribution is 7.94. The molecule has 15 aromatic rings. The second-order valence-electron chi connectivity index (χ2n) is 37.2. The van der Waals surface area contributed by atoms with Gasteiger partial charge in [0.2, 0.25) is 0 Å². The molecule has 1 saturated heterocycles. The van der Waals surface area contributed by atoms with Gasteiger partial charge in [-0.2, -0.15) is 26.3 Å². The number of hydrogen-bond acceptors (Lipinski definition) is 22. The SMILES string of the molecule is CCCc1cc(C#N)cc2c1CCN2S(=O)(=O)c1cccc2c(=O)[nH]cc(Cl)c12.CCc1cc(C#N)cc2c1CCN2S(=O)(=O)c1cccc2c(=O)[nH]cc(C)c12.CCc1cc(C#N)cc2c1CCN2S(=O)(=O)c1cccc2c(=O)[nH]cc(Cl)c12.CCc1cc(C#N)cc2c1CCN2S(=O)(=O)c1cccc2c(=O)[nH]cc(Cl)c12.Cc1c[nH]c(=O)c2cccc(S(=O)(=O)N3CCc4c(NCCN5C[C@@H]6CC[C@H]5C6)cc(C#N)cc43)c12. The number of nitriles is 5. The Kier molecular flexibility index (Phi) is 29.1. The summed E-state index contributed by atoms with van der Waals surface area (Å²) in [5.41, 5.74) is 13.8. The molecule has 2 atom stereocenters. The van der Waals surface area contributed by atoms with Crippen molar-refractivity contribution in [2.75, 3.05) is 79.2 Å². The van der Waals surface area contributed by atoms with Crippen LogP contribution in [0.2, 0.25) is 15.1 Å². The molecule has 6 N–H and O–H groups in total. The first kappa shape index (κ1) is 104. The molecule has 1 saturated carbocycles. The van der Waals surface area contributed by atoms with Gasteiger partial charge in [-0.15, -0.1) is 0 Å². The maximum atomic E-state index is 14.0. The molecule has 2 fully saturated rings. The predicted molar refractivity (Wildman–Crippen MR) is 578 cm³/mol. The van der Waals surface area contributed by atoms with Crippen LogP contribution in [0.5, 0.6) is 0 Å². The minimum absolute atomic E-state index is 0.0154. The lowest BCUT2D eigenvalue weighted by molar-refractivity contribution is 0.221. The van der Waals surface area contributed by atoms with E-state index < -0.39 is 66.8 Å². The van der Waals surface area contributed by atoms with Crippen LogP contribution >= 0.6 is 34.8 Å². The molecule has 22 rings (SSSR count). The number of piperidine rings is 1. The molecular weight excluding hydrogens is 2050 g/mol. The highest BCUT2D eigenvalue weighted by Gasteiger charge is 2.43. The number of nitrogens with one attached hydrogen (secondary N) is 6. The molecule has 0 spiro atoms. The third kappa shape index (κ3) is 19.0. The number of halogens is 3. The fourth-order valence-corrected chi connectivity index (χ4v) is 31.5. The Morgan fingerprint density at radius 2 is 0.631 bits per heavy atom. The molecule has 0 amide bonds. The van der Waals surface area contributed by atoms with Crippen molar-refractivity contribution in [1.82, 2.24) is 29.8 Å². The molecule has 0 unspecified atom stereocenters. The van der Waals surface area contributed by atoms with Gasteiger partial charge in [-0.05, 0) is 274 Å². The van der Waals surface area contributed by atoms with E-state index in [0.717, 1.165) is 94.0 Å². The van der Waals surface area contributed by atoms with Crippen LogP contribution in [0.25, 0.3) is 53.9 Å². The van der Waals surface area contributed by atoms with Crippen LogP contribution in [0.1, 0.15) is 142 Å². The van der Waals surface area contributed by atoms with Gasteiger partial charge in [0.05, 0.1) is 126 Å². The molecule has 40 heteroatoms. The number of nitrogens with zero attached hydrogens (tertiary/aromatic N) is 11. The lowest BCUT2D eigenvalue weighted by Crippen LogP contribution is -2.35. The molecule has 32 nitrogen and oxygen atoms in total. The van der Waals surface area contributed by atoms with E-state index in [-0.39, 0.29) is 109 Å². The van der Waals surface area contributed by atoms with Crippen LogP contribution in [0.3, 0.4) is 0 Å². The lowest BCUT2D eigenvalue weighted by Gasteiger charge is -2.27. The number of benzene rings is 10. The molecule has 149 heavy (non-hydrogen) atoms. The van der Waals surface area contributed by atoms with E-state index in [1.54, 1.807) is 98.9 Å². The number of aromatic amines is 5. The summed E-state index contributed by atoms with van der Waals surface area (Å²) in [7, 11) is -19.8. The second-order valence-corrected chi connectivity index (χ2v) is 47.6. The Bertz CT molecular complexity index is 8860. The van der Waals surface area contributed by atoms with Crippen molar-refractivity contribution in [2.24, 2.45) is 5.92 Å². The summed E-state index contributed by atoms with van der Waals surface area (Å²) < 4.78 is 143. The second kappa shape index (κ2) is 41.7. The Hall–Kier alpha value is -14.9. The van der Waals surface area contributed by atoms with Gasteiger partial charge >= 0.3 is 0 Å². The fourth-order valence-electron chi connectivity index (χ4n) is 21.8. The zero-order valence-corrected chi connectivity index (χ0v) is 87.9. The maximum Gasteiger partial charge on any atom is 0.265 e. The molecule has 1 aliphatic carbocycles. The Morgan fingerprint density at radius 1 is 0.356 bits per heavy atom. The van der Waals surface area contributed by atoms with Crippen molar-refractivity contribution in [2.45, 2.75) is 156 Å². The standard InChI is InChI=1S/C27H29N5O3S.C21H18ClN3O3S.C21H19N3O3S.2C20H16ClN3O3S/c1-17-15-30-27(33)22-3-2-4-25(26(17)22)36(34,35)32-9-7-21-23(12-19(14-28)13-24(21)32)29-8-10-31-16-18-5-6-20(31)11-18;1-2-4-14-9-13(11-23)10-18-15(14)7-8-25(18)29(27,28)19-6-3-5-16-20(19)17(22)12-24-21(16)26;1-3-15-9-14(11-22)10-18-16(15)7-8-24(18)28(26,27)19-6-4-5-17-20(19)13(2)12-23-21(17)25;2*1-2-13-8-12(10-22)9-17-14(13)6-7-24(17)28(26,27)18-5-3-4-15-19(18)16(21)11-23-20(15)25/h2-4,12-13,15,18,20,29H,5-11,16H2,1H3,(H,30,33);3,5-6,9-10,12H,2,4,7-8H2,1H3,(H,24,26);4-6,9-10,12H,3,7-8H2,1-2H3,(H,23,25);2*3-5,8-9,11H,2,6-7H2,1H3,(H,23,25)/t18-,20+;;;;/m1..../s1. The zero-order chi connectivity index (χ0) is 106. The van der Waals surface area contributed by atoms with Gasteiger partial charge in [0.15, 0.2) is 0 Å². The number of aryl methyl sites for hydroxylation is 6. The number of rotatable bonds is 19. The quantitative estimate of drug-likeness (QED) is 0.0438.